The molecule has 2 aromatic carbocycles. The van der Waals surface area contributed by atoms with Gasteiger partial charge < -0.3 is 14.2 Å². The van der Waals surface area contributed by atoms with Crippen molar-refractivity contribution in [1.82, 2.24) is 5.43 Å². The molecular weight excluding hydrogens is 428 g/mol. The molecule has 0 radical (unpaired) electrons. The molecule has 148 valence electrons. The largest absolute Gasteiger partial charge is 0.484 e. The lowest BCUT2D eigenvalue weighted by molar-refractivity contribution is -0.149. The van der Waals surface area contributed by atoms with Crippen molar-refractivity contribution < 1.29 is 23.8 Å². The molecule has 0 aliphatic carbocycles. The summed E-state index contributed by atoms with van der Waals surface area (Å²) >= 11 is 3.33. The highest BCUT2D eigenvalue weighted by Crippen LogP contribution is 2.15. The van der Waals surface area contributed by atoms with E-state index in [1.54, 1.807) is 50.2 Å². The number of carbonyl (C=O) groups is 2. The molecule has 0 aromatic heterocycles. The number of ether oxygens (including phenoxy) is 3. The fourth-order valence-electron chi connectivity index (χ4n) is 1.98. The van der Waals surface area contributed by atoms with Crippen LogP contribution in [-0.4, -0.2) is 37.4 Å². The van der Waals surface area contributed by atoms with Crippen molar-refractivity contribution in [1.29, 1.82) is 0 Å². The Kier molecular flexibility index (Phi) is 8.48. The molecule has 1 N–H and O–H groups in total. The first-order valence-electron chi connectivity index (χ1n) is 8.55. The third kappa shape index (κ3) is 8.22. The first-order chi connectivity index (χ1) is 13.4. The third-order valence-electron chi connectivity index (χ3n) is 3.19. The van der Waals surface area contributed by atoms with Gasteiger partial charge in [0.15, 0.2) is 13.2 Å². The Morgan fingerprint density at radius 2 is 1.57 bits per heavy atom. The molecular formula is C20H21BrN2O5. The number of hydrogen-bond donors (Lipinski definition) is 1. The number of rotatable bonds is 9. The smallest absolute Gasteiger partial charge is 0.344 e. The third-order valence-corrected chi connectivity index (χ3v) is 3.72. The van der Waals surface area contributed by atoms with E-state index in [1.165, 1.54) is 6.21 Å². The highest BCUT2D eigenvalue weighted by atomic mass is 79.9. The maximum absolute atomic E-state index is 11.7. The summed E-state index contributed by atoms with van der Waals surface area (Å²) in [4.78, 5) is 23.2. The Morgan fingerprint density at radius 1 is 1.00 bits per heavy atom. The number of nitrogens with zero attached hydrogens (tertiary/aromatic N) is 1. The lowest BCUT2D eigenvalue weighted by Crippen LogP contribution is -2.24. The molecule has 0 fully saturated rings. The van der Waals surface area contributed by atoms with Crippen molar-refractivity contribution in [2.45, 2.75) is 20.0 Å². The van der Waals surface area contributed by atoms with E-state index in [0.717, 1.165) is 10.0 Å². The van der Waals surface area contributed by atoms with Gasteiger partial charge in [0, 0.05) is 4.47 Å². The maximum atomic E-state index is 11.7. The van der Waals surface area contributed by atoms with E-state index in [2.05, 4.69) is 26.5 Å². The van der Waals surface area contributed by atoms with Gasteiger partial charge in [-0.15, -0.1) is 0 Å². The fraction of sp³-hybridized carbons (Fsp3) is 0.250. The van der Waals surface area contributed by atoms with Crippen molar-refractivity contribution in [2.75, 3.05) is 13.2 Å². The van der Waals surface area contributed by atoms with Gasteiger partial charge in [-0.2, -0.15) is 5.10 Å². The lowest BCUT2D eigenvalue weighted by atomic mass is 10.2. The number of amides is 1. The predicted octanol–water partition coefficient (Wildman–Crippen LogP) is 3.31. The number of nitrogens with one attached hydrogen (secondary N) is 1. The second kappa shape index (κ2) is 11.1. The number of hydrogen-bond acceptors (Lipinski definition) is 6. The molecule has 0 atom stereocenters. The minimum Gasteiger partial charge on any atom is -0.484 e. The number of halogens is 1. The van der Waals surface area contributed by atoms with Gasteiger partial charge in [0.25, 0.3) is 5.91 Å². The Balaban J connectivity index is 1.72. The number of esters is 1. The first-order valence-corrected chi connectivity index (χ1v) is 9.34. The SMILES string of the molecule is CC(C)OC(=O)COc1ccc(/C=N\NC(=O)COc2ccc(Br)cc2)cc1. The second-order valence-electron chi connectivity index (χ2n) is 5.93. The molecule has 1 amide bonds. The van der Waals surface area contributed by atoms with Crippen LogP contribution in [0.3, 0.4) is 0 Å². The van der Waals surface area contributed by atoms with Crippen molar-refractivity contribution >= 4 is 34.0 Å². The Morgan fingerprint density at radius 3 is 2.18 bits per heavy atom. The standard InChI is InChI=1S/C20H21BrN2O5/c1-14(2)28-20(25)13-27-17-7-3-15(4-8-17)11-22-23-19(24)12-26-18-9-5-16(21)6-10-18/h3-11,14H,12-13H2,1-2H3,(H,23,24)/b22-11-. The monoisotopic (exact) mass is 448 g/mol. The Labute approximate surface area is 171 Å². The average molecular weight is 449 g/mol. The van der Waals surface area contributed by atoms with Crippen LogP contribution >= 0.6 is 15.9 Å². The summed E-state index contributed by atoms with van der Waals surface area (Å²) in [5.74, 6) is 0.330. The number of carbonyl (C=O) groups excluding carboxylic acids is 2. The first kappa shape index (κ1) is 21.4. The van der Waals surface area contributed by atoms with Crippen molar-refractivity contribution in [3.05, 3.63) is 58.6 Å². The topological polar surface area (TPSA) is 86.2 Å². The molecule has 2 aromatic rings. The molecule has 0 spiro atoms. The van der Waals surface area contributed by atoms with E-state index in [4.69, 9.17) is 14.2 Å². The van der Waals surface area contributed by atoms with E-state index in [0.29, 0.717) is 11.5 Å². The van der Waals surface area contributed by atoms with Crippen LogP contribution in [0, 0.1) is 0 Å². The van der Waals surface area contributed by atoms with Crippen LogP contribution in [0.2, 0.25) is 0 Å². The molecule has 0 unspecified atom stereocenters. The lowest BCUT2D eigenvalue weighted by Gasteiger charge is -2.09. The van der Waals surface area contributed by atoms with E-state index in [-0.39, 0.29) is 25.2 Å². The van der Waals surface area contributed by atoms with E-state index < -0.39 is 5.97 Å². The Bertz CT molecular complexity index is 804. The zero-order valence-corrected chi connectivity index (χ0v) is 17.1. The summed E-state index contributed by atoms with van der Waals surface area (Å²) in [5, 5.41) is 3.88. The van der Waals surface area contributed by atoms with Gasteiger partial charge in [0.1, 0.15) is 11.5 Å². The molecule has 0 aliphatic rings. The summed E-state index contributed by atoms with van der Waals surface area (Å²) in [6.45, 7) is 3.26. The van der Waals surface area contributed by atoms with Crippen molar-refractivity contribution in [2.24, 2.45) is 5.10 Å². The van der Waals surface area contributed by atoms with Crippen LogP contribution in [0.4, 0.5) is 0 Å². The quantitative estimate of drug-likeness (QED) is 0.361. The average Bonchev–Trinajstić information content (AvgIpc) is 2.66. The zero-order valence-electron chi connectivity index (χ0n) is 15.6. The molecule has 0 heterocycles. The minimum atomic E-state index is -0.422. The van der Waals surface area contributed by atoms with Gasteiger partial charge in [0.2, 0.25) is 0 Å². The van der Waals surface area contributed by atoms with Crippen LogP contribution in [0.15, 0.2) is 58.1 Å². The van der Waals surface area contributed by atoms with E-state index >= 15 is 0 Å². The molecule has 0 aliphatic heterocycles. The highest BCUT2D eigenvalue weighted by molar-refractivity contribution is 9.10. The molecule has 7 nitrogen and oxygen atoms in total. The van der Waals surface area contributed by atoms with E-state index in [9.17, 15) is 9.59 Å². The molecule has 28 heavy (non-hydrogen) atoms. The molecule has 2 rings (SSSR count). The number of hydrazone groups is 1. The summed E-state index contributed by atoms with van der Waals surface area (Å²) in [5.41, 5.74) is 3.15. The van der Waals surface area contributed by atoms with Crippen molar-refractivity contribution in [3.8, 4) is 11.5 Å². The van der Waals surface area contributed by atoms with Crippen LogP contribution in [0.25, 0.3) is 0 Å². The van der Waals surface area contributed by atoms with Crippen LogP contribution in [0.1, 0.15) is 19.4 Å². The van der Waals surface area contributed by atoms with Gasteiger partial charge in [-0.05, 0) is 67.9 Å². The van der Waals surface area contributed by atoms with Gasteiger partial charge in [-0.1, -0.05) is 15.9 Å². The van der Waals surface area contributed by atoms with Gasteiger partial charge in [0.05, 0.1) is 12.3 Å². The maximum Gasteiger partial charge on any atom is 0.344 e. The normalized spacial score (nSPS) is 10.7. The van der Waals surface area contributed by atoms with Crippen molar-refractivity contribution in [3.63, 3.8) is 0 Å². The summed E-state index contributed by atoms with van der Waals surface area (Å²) in [7, 11) is 0. The molecule has 0 saturated heterocycles. The second-order valence-corrected chi connectivity index (χ2v) is 6.85. The summed E-state index contributed by atoms with van der Waals surface area (Å²) < 4.78 is 16.6. The number of benzene rings is 2. The van der Waals surface area contributed by atoms with Gasteiger partial charge >= 0.3 is 5.97 Å². The zero-order chi connectivity index (χ0) is 20.4. The van der Waals surface area contributed by atoms with Gasteiger partial charge in [-0.3, -0.25) is 4.79 Å². The van der Waals surface area contributed by atoms with Crippen LogP contribution in [0.5, 0.6) is 11.5 Å². The molecule has 0 bridgehead atoms. The fourth-order valence-corrected chi connectivity index (χ4v) is 2.24. The molecule has 0 saturated carbocycles. The van der Waals surface area contributed by atoms with Crippen LogP contribution < -0.4 is 14.9 Å². The summed E-state index contributed by atoms with van der Waals surface area (Å²) in [6, 6.07) is 14.1. The summed E-state index contributed by atoms with van der Waals surface area (Å²) in [6.07, 6.45) is 1.32. The van der Waals surface area contributed by atoms with Gasteiger partial charge in [-0.25, -0.2) is 10.2 Å². The highest BCUT2D eigenvalue weighted by Gasteiger charge is 2.06. The Hall–Kier alpha value is -2.87. The van der Waals surface area contributed by atoms with E-state index in [1.807, 2.05) is 12.1 Å². The predicted molar refractivity (Wildman–Crippen MR) is 109 cm³/mol. The minimum absolute atomic E-state index is 0.141. The van der Waals surface area contributed by atoms with Crippen LogP contribution in [-0.2, 0) is 14.3 Å². The molecule has 8 heteroatoms.